The van der Waals surface area contributed by atoms with Crippen molar-refractivity contribution >= 4 is 5.71 Å². The van der Waals surface area contributed by atoms with E-state index >= 15 is 0 Å². The number of benzene rings is 2. The van der Waals surface area contributed by atoms with Gasteiger partial charge in [-0.3, -0.25) is 0 Å². The monoisotopic (exact) mass is 334 g/mol. The normalized spacial score (nSPS) is 11.7. The second-order valence-corrected chi connectivity index (χ2v) is 5.95. The van der Waals surface area contributed by atoms with Gasteiger partial charge in [0.15, 0.2) is 0 Å². The van der Waals surface area contributed by atoms with E-state index < -0.39 is 5.95 Å². The largest absolute Gasteiger partial charge is 0.411 e. The fraction of sp³-hybridized carbons (Fsp3) is 0.143. The molecule has 0 aliphatic rings. The number of rotatable bonds is 5. The van der Waals surface area contributed by atoms with Crippen LogP contribution in [0.5, 0.6) is 0 Å². The molecule has 0 saturated heterocycles. The zero-order valence-corrected chi connectivity index (χ0v) is 13.9. The summed E-state index contributed by atoms with van der Waals surface area (Å²) in [5.74, 6) is -0.582. The summed E-state index contributed by atoms with van der Waals surface area (Å²) in [4.78, 5) is 3.65. The number of hydrogen-bond donors (Lipinski definition) is 1. The third kappa shape index (κ3) is 3.91. The van der Waals surface area contributed by atoms with Crippen LogP contribution >= 0.6 is 0 Å². The number of pyridine rings is 1. The first-order valence-electron chi connectivity index (χ1n) is 8.12. The predicted molar refractivity (Wildman–Crippen MR) is 96.6 cm³/mol. The van der Waals surface area contributed by atoms with Crippen LogP contribution in [-0.4, -0.2) is 15.9 Å². The summed E-state index contributed by atoms with van der Waals surface area (Å²) in [5, 5.41) is 13.1. The van der Waals surface area contributed by atoms with Crippen LogP contribution in [-0.2, 0) is 0 Å². The van der Waals surface area contributed by atoms with E-state index in [4.69, 9.17) is 0 Å². The molecule has 0 atom stereocenters. The molecule has 1 heterocycles. The van der Waals surface area contributed by atoms with Crippen LogP contribution in [0.3, 0.4) is 0 Å². The maximum atomic E-state index is 13.6. The van der Waals surface area contributed by atoms with Gasteiger partial charge in [-0.1, -0.05) is 65.8 Å². The van der Waals surface area contributed by atoms with Gasteiger partial charge in [0, 0.05) is 30.2 Å². The molecule has 2 aromatic carbocycles. The fourth-order valence-corrected chi connectivity index (χ4v) is 3.01. The van der Waals surface area contributed by atoms with E-state index in [2.05, 4.69) is 10.1 Å². The number of halogens is 1. The lowest BCUT2D eigenvalue weighted by molar-refractivity contribution is 0.317. The van der Waals surface area contributed by atoms with Crippen LogP contribution in [0.2, 0.25) is 0 Å². The SMILES string of the molecule is Cc1cnc(F)cc1/C(CC(c1ccccc1)c1ccccc1)=N/O. The summed E-state index contributed by atoms with van der Waals surface area (Å²) in [6, 6.07) is 21.4. The van der Waals surface area contributed by atoms with Gasteiger partial charge in [-0.25, -0.2) is 4.98 Å². The highest BCUT2D eigenvalue weighted by atomic mass is 19.1. The van der Waals surface area contributed by atoms with Crippen LogP contribution in [0.15, 0.2) is 78.1 Å². The predicted octanol–water partition coefficient (Wildman–Crippen LogP) is 4.93. The summed E-state index contributed by atoms with van der Waals surface area (Å²) in [7, 11) is 0. The Morgan fingerprint density at radius 1 is 1.04 bits per heavy atom. The van der Waals surface area contributed by atoms with Crippen molar-refractivity contribution in [1.82, 2.24) is 4.98 Å². The fourth-order valence-electron chi connectivity index (χ4n) is 3.01. The Labute approximate surface area is 146 Å². The van der Waals surface area contributed by atoms with E-state index in [1.807, 2.05) is 67.6 Å². The van der Waals surface area contributed by atoms with Gasteiger partial charge in [0.05, 0.1) is 5.71 Å². The Morgan fingerprint density at radius 2 is 1.60 bits per heavy atom. The minimum atomic E-state index is -0.585. The second-order valence-electron chi connectivity index (χ2n) is 5.95. The van der Waals surface area contributed by atoms with E-state index in [1.54, 1.807) is 0 Å². The average Bonchev–Trinajstić information content (AvgIpc) is 2.66. The van der Waals surface area contributed by atoms with Gasteiger partial charge in [-0.05, 0) is 23.6 Å². The van der Waals surface area contributed by atoms with E-state index in [9.17, 15) is 9.60 Å². The molecule has 0 radical (unpaired) electrons. The number of nitrogens with zero attached hydrogens (tertiary/aromatic N) is 2. The Hall–Kier alpha value is -3.01. The molecule has 3 rings (SSSR count). The van der Waals surface area contributed by atoms with Gasteiger partial charge >= 0.3 is 0 Å². The first-order valence-corrected chi connectivity index (χ1v) is 8.12. The third-order valence-corrected chi connectivity index (χ3v) is 4.30. The molecule has 25 heavy (non-hydrogen) atoms. The molecule has 1 N–H and O–H groups in total. The van der Waals surface area contributed by atoms with Crippen molar-refractivity contribution in [2.75, 3.05) is 0 Å². The quantitative estimate of drug-likeness (QED) is 0.311. The van der Waals surface area contributed by atoms with Gasteiger partial charge in [-0.15, -0.1) is 0 Å². The lowest BCUT2D eigenvalue weighted by Crippen LogP contribution is -2.12. The minimum Gasteiger partial charge on any atom is -0.411 e. The molecule has 126 valence electrons. The zero-order chi connectivity index (χ0) is 17.6. The lowest BCUT2D eigenvalue weighted by atomic mass is 9.85. The topological polar surface area (TPSA) is 45.5 Å². The average molecular weight is 334 g/mol. The summed E-state index contributed by atoms with van der Waals surface area (Å²) < 4.78 is 13.6. The Balaban J connectivity index is 2.01. The lowest BCUT2D eigenvalue weighted by Gasteiger charge is -2.19. The van der Waals surface area contributed by atoms with Gasteiger partial charge < -0.3 is 5.21 Å². The van der Waals surface area contributed by atoms with Crippen molar-refractivity contribution in [3.63, 3.8) is 0 Å². The first kappa shape index (κ1) is 16.8. The standard InChI is InChI=1S/C21H19FN2O/c1-15-14-23-21(22)13-18(15)20(24-25)12-19(16-8-4-2-5-9-16)17-10-6-3-7-11-17/h2-11,13-14,19,25H,12H2,1H3/b24-20+. The summed E-state index contributed by atoms with van der Waals surface area (Å²) >= 11 is 0. The Kier molecular flexibility index (Phi) is 5.19. The maximum absolute atomic E-state index is 13.6. The van der Waals surface area contributed by atoms with Crippen molar-refractivity contribution < 1.29 is 9.60 Å². The Morgan fingerprint density at radius 3 is 2.12 bits per heavy atom. The molecular formula is C21H19FN2O. The van der Waals surface area contributed by atoms with Crippen molar-refractivity contribution in [2.24, 2.45) is 5.16 Å². The van der Waals surface area contributed by atoms with Crippen molar-refractivity contribution in [3.05, 3.63) is 101 Å². The molecule has 0 aliphatic carbocycles. The number of aryl methyl sites for hydroxylation is 1. The van der Waals surface area contributed by atoms with Crippen LogP contribution in [0.25, 0.3) is 0 Å². The zero-order valence-electron chi connectivity index (χ0n) is 13.9. The highest BCUT2D eigenvalue weighted by Gasteiger charge is 2.20. The highest BCUT2D eigenvalue weighted by Crippen LogP contribution is 2.30. The summed E-state index contributed by atoms with van der Waals surface area (Å²) in [6.07, 6.45) is 1.91. The number of oxime groups is 1. The smallest absolute Gasteiger partial charge is 0.213 e. The second kappa shape index (κ2) is 7.71. The minimum absolute atomic E-state index is 0.00364. The van der Waals surface area contributed by atoms with Gasteiger partial charge in [0.1, 0.15) is 0 Å². The van der Waals surface area contributed by atoms with E-state index in [0.717, 1.165) is 16.7 Å². The molecule has 0 amide bonds. The number of hydrogen-bond acceptors (Lipinski definition) is 3. The Bertz CT molecular complexity index is 824. The van der Waals surface area contributed by atoms with Crippen molar-refractivity contribution in [1.29, 1.82) is 0 Å². The third-order valence-electron chi connectivity index (χ3n) is 4.30. The van der Waals surface area contributed by atoms with Gasteiger partial charge in [-0.2, -0.15) is 4.39 Å². The van der Waals surface area contributed by atoms with E-state index in [-0.39, 0.29) is 5.92 Å². The molecule has 0 bridgehead atoms. The molecule has 0 unspecified atom stereocenters. The highest BCUT2D eigenvalue weighted by molar-refractivity contribution is 6.02. The summed E-state index contributed by atoms with van der Waals surface area (Å²) in [5.41, 5.74) is 4.02. The molecule has 0 aliphatic heterocycles. The van der Waals surface area contributed by atoms with Crippen molar-refractivity contribution in [2.45, 2.75) is 19.3 Å². The van der Waals surface area contributed by atoms with Gasteiger partial charge in [0.25, 0.3) is 0 Å². The van der Waals surface area contributed by atoms with Gasteiger partial charge in [0.2, 0.25) is 5.95 Å². The molecule has 1 aromatic heterocycles. The molecule has 0 fully saturated rings. The molecule has 0 saturated carbocycles. The van der Waals surface area contributed by atoms with Crippen LogP contribution in [0.4, 0.5) is 4.39 Å². The van der Waals surface area contributed by atoms with Crippen molar-refractivity contribution in [3.8, 4) is 0 Å². The molecule has 3 aromatic rings. The van der Waals surface area contributed by atoms with E-state index in [1.165, 1.54) is 12.3 Å². The van der Waals surface area contributed by atoms with Crippen LogP contribution in [0.1, 0.15) is 34.6 Å². The molecule has 3 nitrogen and oxygen atoms in total. The van der Waals surface area contributed by atoms with Crippen LogP contribution in [0, 0.1) is 12.9 Å². The number of aromatic nitrogens is 1. The van der Waals surface area contributed by atoms with Crippen LogP contribution < -0.4 is 0 Å². The summed E-state index contributed by atoms with van der Waals surface area (Å²) in [6.45, 7) is 1.83. The maximum Gasteiger partial charge on any atom is 0.213 e. The molecule has 4 heteroatoms. The molecule has 0 spiro atoms. The molecular weight excluding hydrogens is 315 g/mol. The van der Waals surface area contributed by atoms with E-state index in [0.29, 0.717) is 17.7 Å². The first-order chi connectivity index (χ1) is 12.2.